The highest BCUT2D eigenvalue weighted by Gasteiger charge is 2.27. The van der Waals surface area contributed by atoms with Gasteiger partial charge < -0.3 is 5.32 Å². The van der Waals surface area contributed by atoms with Crippen molar-refractivity contribution in [2.24, 2.45) is 0 Å². The summed E-state index contributed by atoms with van der Waals surface area (Å²) in [5, 5.41) is 4.03. The Bertz CT molecular complexity index is 1190. The maximum absolute atomic E-state index is 13.3. The molecular formula is C24H24Cl2N2O3S2. The number of carbonyl (C=O) groups excluding carboxylic acids is 1. The summed E-state index contributed by atoms with van der Waals surface area (Å²) in [5.74, 6) is 0.865. The van der Waals surface area contributed by atoms with Crippen molar-refractivity contribution >= 4 is 56.6 Å². The van der Waals surface area contributed by atoms with E-state index in [0.29, 0.717) is 33.8 Å². The number of amides is 1. The van der Waals surface area contributed by atoms with Crippen molar-refractivity contribution < 1.29 is 13.2 Å². The highest BCUT2D eigenvalue weighted by molar-refractivity contribution is 7.98. The number of thioether (sulfide) groups is 1. The van der Waals surface area contributed by atoms with Gasteiger partial charge in [-0.15, -0.1) is 0 Å². The van der Waals surface area contributed by atoms with Crippen LogP contribution in [0.4, 0.5) is 5.69 Å². The standard InChI is InChI=1S/C24H24Cl2N2O3S2/c1-18-8-5-6-13-23(18)28(33(30,31)19-9-3-2-4-10-19)16-24(29)27-14-15-32-17-20-21(25)11-7-12-22(20)26/h2-13H,14-17H2,1H3,(H,27,29). The van der Waals surface area contributed by atoms with Gasteiger partial charge in [-0.1, -0.05) is 65.7 Å². The molecule has 3 aromatic rings. The lowest BCUT2D eigenvalue weighted by Crippen LogP contribution is -2.41. The second-order valence-electron chi connectivity index (χ2n) is 7.21. The van der Waals surface area contributed by atoms with Crippen LogP contribution in [-0.2, 0) is 20.6 Å². The summed E-state index contributed by atoms with van der Waals surface area (Å²) in [7, 11) is -3.91. The minimum atomic E-state index is -3.91. The van der Waals surface area contributed by atoms with E-state index in [-0.39, 0.29) is 17.3 Å². The Morgan fingerprint density at radius 2 is 1.58 bits per heavy atom. The molecule has 0 bridgehead atoms. The van der Waals surface area contributed by atoms with Crippen LogP contribution in [0.2, 0.25) is 10.0 Å². The van der Waals surface area contributed by atoms with Crippen LogP contribution in [0.3, 0.4) is 0 Å². The average molecular weight is 524 g/mol. The largest absolute Gasteiger partial charge is 0.354 e. The molecule has 9 heteroatoms. The van der Waals surface area contributed by atoms with Crippen molar-refractivity contribution in [3.63, 3.8) is 0 Å². The summed E-state index contributed by atoms with van der Waals surface area (Å²) in [6.07, 6.45) is 0. The van der Waals surface area contributed by atoms with Crippen molar-refractivity contribution in [2.45, 2.75) is 17.6 Å². The summed E-state index contributed by atoms with van der Waals surface area (Å²) in [6.45, 7) is 1.89. The third-order valence-corrected chi connectivity index (χ3v) is 8.35. The zero-order valence-corrected chi connectivity index (χ0v) is 21.1. The first-order valence-electron chi connectivity index (χ1n) is 10.2. The van der Waals surface area contributed by atoms with Crippen LogP contribution in [0, 0.1) is 6.92 Å². The predicted octanol–water partition coefficient (Wildman–Crippen LogP) is 5.55. The summed E-state index contributed by atoms with van der Waals surface area (Å²) >= 11 is 14.0. The summed E-state index contributed by atoms with van der Waals surface area (Å²) in [5.41, 5.74) is 2.09. The van der Waals surface area contributed by atoms with Crippen LogP contribution < -0.4 is 9.62 Å². The van der Waals surface area contributed by atoms with Gasteiger partial charge in [0.25, 0.3) is 10.0 Å². The van der Waals surface area contributed by atoms with Gasteiger partial charge in [0.1, 0.15) is 6.54 Å². The average Bonchev–Trinajstić information content (AvgIpc) is 2.80. The van der Waals surface area contributed by atoms with E-state index in [1.165, 1.54) is 12.1 Å². The van der Waals surface area contributed by atoms with E-state index in [1.807, 2.05) is 19.1 Å². The highest BCUT2D eigenvalue weighted by atomic mass is 35.5. The smallest absolute Gasteiger partial charge is 0.264 e. The molecular weight excluding hydrogens is 499 g/mol. The van der Waals surface area contributed by atoms with Crippen LogP contribution >= 0.6 is 35.0 Å². The number of hydrogen-bond acceptors (Lipinski definition) is 4. The number of halogens is 2. The van der Waals surface area contributed by atoms with E-state index in [0.717, 1.165) is 15.4 Å². The lowest BCUT2D eigenvalue weighted by Gasteiger charge is -2.25. The number of aryl methyl sites for hydroxylation is 1. The number of carbonyl (C=O) groups is 1. The Kier molecular flexibility index (Phi) is 9.09. The van der Waals surface area contributed by atoms with Crippen molar-refractivity contribution in [1.82, 2.24) is 5.32 Å². The summed E-state index contributed by atoms with van der Waals surface area (Å²) < 4.78 is 27.8. The molecule has 33 heavy (non-hydrogen) atoms. The van der Waals surface area contributed by atoms with Crippen molar-refractivity contribution in [1.29, 1.82) is 0 Å². The van der Waals surface area contributed by atoms with Crippen molar-refractivity contribution in [3.8, 4) is 0 Å². The van der Waals surface area contributed by atoms with Gasteiger partial charge in [-0.05, 0) is 48.4 Å². The molecule has 0 radical (unpaired) electrons. The molecule has 0 aromatic heterocycles. The van der Waals surface area contributed by atoms with Crippen LogP contribution in [0.5, 0.6) is 0 Å². The molecule has 0 saturated heterocycles. The van der Waals surface area contributed by atoms with E-state index in [2.05, 4.69) is 5.32 Å². The highest BCUT2D eigenvalue weighted by Crippen LogP contribution is 2.28. The van der Waals surface area contributed by atoms with Crippen LogP contribution in [0.25, 0.3) is 0 Å². The van der Waals surface area contributed by atoms with Gasteiger partial charge in [-0.3, -0.25) is 9.10 Å². The Morgan fingerprint density at radius 3 is 2.24 bits per heavy atom. The van der Waals surface area contributed by atoms with Gasteiger partial charge in [0, 0.05) is 28.1 Å². The molecule has 5 nitrogen and oxygen atoms in total. The topological polar surface area (TPSA) is 66.5 Å². The van der Waals surface area contributed by atoms with Gasteiger partial charge in [-0.2, -0.15) is 11.8 Å². The Labute approximate surface area is 209 Å². The molecule has 3 aromatic carbocycles. The van der Waals surface area contributed by atoms with E-state index >= 15 is 0 Å². The zero-order valence-electron chi connectivity index (χ0n) is 18.0. The molecule has 0 heterocycles. The number of benzene rings is 3. The molecule has 0 aliphatic rings. The molecule has 174 valence electrons. The number of rotatable bonds is 10. The zero-order chi connectivity index (χ0) is 23.8. The third-order valence-electron chi connectivity index (χ3n) is 4.88. The fourth-order valence-electron chi connectivity index (χ4n) is 3.16. The molecule has 0 spiro atoms. The lowest BCUT2D eigenvalue weighted by molar-refractivity contribution is -0.119. The first-order valence-corrected chi connectivity index (χ1v) is 13.6. The molecule has 0 fully saturated rings. The van der Waals surface area contributed by atoms with Crippen molar-refractivity contribution in [3.05, 3.63) is 94.0 Å². The van der Waals surface area contributed by atoms with Crippen LogP contribution in [0.15, 0.2) is 77.7 Å². The maximum Gasteiger partial charge on any atom is 0.264 e. The molecule has 0 aliphatic heterocycles. The molecule has 1 amide bonds. The molecule has 0 saturated carbocycles. The SMILES string of the molecule is Cc1ccccc1N(CC(=O)NCCSCc1c(Cl)cccc1Cl)S(=O)(=O)c1ccccc1. The number of hydrogen-bond donors (Lipinski definition) is 1. The minimum absolute atomic E-state index is 0.133. The first-order chi connectivity index (χ1) is 15.8. The predicted molar refractivity (Wildman–Crippen MR) is 138 cm³/mol. The molecule has 0 atom stereocenters. The fraction of sp³-hybridized carbons (Fsp3) is 0.208. The number of anilines is 1. The fourth-order valence-corrected chi connectivity index (χ4v) is 6.26. The van der Waals surface area contributed by atoms with Crippen LogP contribution in [-0.4, -0.2) is 33.2 Å². The summed E-state index contributed by atoms with van der Waals surface area (Å²) in [4.78, 5) is 12.8. The third kappa shape index (κ3) is 6.67. The monoisotopic (exact) mass is 522 g/mol. The van der Waals surface area contributed by atoms with Gasteiger partial charge in [0.15, 0.2) is 0 Å². The second kappa shape index (κ2) is 11.8. The molecule has 0 unspecified atom stereocenters. The quantitative estimate of drug-likeness (QED) is 0.354. The van der Waals surface area contributed by atoms with E-state index in [9.17, 15) is 13.2 Å². The van der Waals surface area contributed by atoms with Crippen molar-refractivity contribution in [2.75, 3.05) is 23.1 Å². The Balaban J connectivity index is 1.64. The molecule has 1 N–H and O–H groups in total. The maximum atomic E-state index is 13.3. The van der Waals surface area contributed by atoms with Gasteiger partial charge in [0.05, 0.1) is 10.6 Å². The molecule has 3 rings (SSSR count). The second-order valence-corrected chi connectivity index (χ2v) is 11.0. The number of nitrogens with one attached hydrogen (secondary N) is 1. The minimum Gasteiger partial charge on any atom is -0.354 e. The van der Waals surface area contributed by atoms with E-state index in [1.54, 1.807) is 60.3 Å². The van der Waals surface area contributed by atoms with Crippen LogP contribution in [0.1, 0.15) is 11.1 Å². The van der Waals surface area contributed by atoms with E-state index < -0.39 is 10.0 Å². The number of sulfonamides is 1. The first kappa shape index (κ1) is 25.4. The van der Waals surface area contributed by atoms with Gasteiger partial charge in [0.2, 0.25) is 5.91 Å². The number of para-hydroxylation sites is 1. The van der Waals surface area contributed by atoms with E-state index in [4.69, 9.17) is 23.2 Å². The molecule has 0 aliphatic carbocycles. The Hall–Kier alpha value is -2.19. The van der Waals surface area contributed by atoms with Gasteiger partial charge >= 0.3 is 0 Å². The number of nitrogens with zero attached hydrogens (tertiary/aromatic N) is 1. The van der Waals surface area contributed by atoms with Gasteiger partial charge in [-0.25, -0.2) is 8.42 Å². The summed E-state index contributed by atoms with van der Waals surface area (Å²) in [6, 6.07) is 20.6. The lowest BCUT2D eigenvalue weighted by atomic mass is 10.2. The normalized spacial score (nSPS) is 11.2. The Morgan fingerprint density at radius 1 is 0.939 bits per heavy atom.